The highest BCUT2D eigenvalue weighted by Gasteiger charge is 2.22. The molecule has 0 aromatic heterocycles. The molecule has 0 aliphatic heterocycles. The molecule has 1 fully saturated rings. The Labute approximate surface area is 104 Å². The SMILES string of the molecule is COc1ccc(C(N)C2CCCCC2)cc1C. The molecule has 1 aromatic rings. The number of hydrogen-bond acceptors (Lipinski definition) is 2. The molecule has 1 aliphatic carbocycles. The van der Waals surface area contributed by atoms with Gasteiger partial charge in [0.25, 0.3) is 0 Å². The van der Waals surface area contributed by atoms with Gasteiger partial charge in [-0.1, -0.05) is 31.4 Å². The van der Waals surface area contributed by atoms with E-state index in [4.69, 9.17) is 10.5 Å². The van der Waals surface area contributed by atoms with Gasteiger partial charge in [-0.05, 0) is 42.9 Å². The van der Waals surface area contributed by atoms with Gasteiger partial charge in [-0.2, -0.15) is 0 Å². The predicted octanol–water partition coefficient (Wildman–Crippen LogP) is 3.58. The molecule has 0 bridgehead atoms. The van der Waals surface area contributed by atoms with E-state index in [2.05, 4.69) is 19.1 Å². The number of benzene rings is 1. The summed E-state index contributed by atoms with van der Waals surface area (Å²) in [6.07, 6.45) is 6.63. The molecule has 1 aliphatic rings. The molecule has 0 amide bonds. The van der Waals surface area contributed by atoms with Crippen LogP contribution in [0, 0.1) is 12.8 Å². The minimum absolute atomic E-state index is 0.194. The summed E-state index contributed by atoms with van der Waals surface area (Å²) in [7, 11) is 1.71. The van der Waals surface area contributed by atoms with Crippen LogP contribution in [-0.2, 0) is 0 Å². The Balaban J connectivity index is 2.12. The fourth-order valence-electron chi connectivity index (χ4n) is 2.87. The van der Waals surface area contributed by atoms with E-state index in [1.54, 1.807) is 7.11 Å². The monoisotopic (exact) mass is 233 g/mol. The number of methoxy groups -OCH3 is 1. The molecule has 2 heteroatoms. The third-order valence-electron chi connectivity index (χ3n) is 3.96. The molecule has 1 atom stereocenters. The zero-order chi connectivity index (χ0) is 12.3. The molecule has 0 spiro atoms. The first-order chi connectivity index (χ1) is 8.22. The Morgan fingerprint density at radius 1 is 1.24 bits per heavy atom. The molecular weight excluding hydrogens is 210 g/mol. The molecule has 2 rings (SSSR count). The van der Waals surface area contributed by atoms with Crippen molar-refractivity contribution in [1.29, 1.82) is 0 Å². The van der Waals surface area contributed by atoms with Crippen molar-refractivity contribution >= 4 is 0 Å². The van der Waals surface area contributed by atoms with Crippen LogP contribution in [-0.4, -0.2) is 7.11 Å². The van der Waals surface area contributed by atoms with Gasteiger partial charge in [-0.3, -0.25) is 0 Å². The third-order valence-corrected chi connectivity index (χ3v) is 3.96. The van der Waals surface area contributed by atoms with Crippen LogP contribution in [0.1, 0.15) is 49.3 Å². The van der Waals surface area contributed by atoms with Crippen LogP contribution < -0.4 is 10.5 Å². The van der Waals surface area contributed by atoms with E-state index in [0.717, 1.165) is 5.75 Å². The number of ether oxygens (including phenoxy) is 1. The second kappa shape index (κ2) is 5.54. The van der Waals surface area contributed by atoms with Gasteiger partial charge >= 0.3 is 0 Å². The largest absolute Gasteiger partial charge is 0.496 e. The third kappa shape index (κ3) is 2.81. The van der Waals surface area contributed by atoms with Crippen LogP contribution in [0.4, 0.5) is 0 Å². The highest BCUT2D eigenvalue weighted by atomic mass is 16.5. The van der Waals surface area contributed by atoms with Crippen LogP contribution in [0.5, 0.6) is 5.75 Å². The van der Waals surface area contributed by atoms with Crippen molar-refractivity contribution in [3.8, 4) is 5.75 Å². The predicted molar refractivity (Wildman–Crippen MR) is 71.2 cm³/mol. The first-order valence-corrected chi connectivity index (χ1v) is 6.62. The van der Waals surface area contributed by atoms with Crippen LogP contribution in [0.2, 0.25) is 0 Å². The van der Waals surface area contributed by atoms with Gasteiger partial charge in [-0.15, -0.1) is 0 Å². The summed E-state index contributed by atoms with van der Waals surface area (Å²) in [6, 6.07) is 6.52. The summed E-state index contributed by atoms with van der Waals surface area (Å²) in [5.74, 6) is 1.61. The van der Waals surface area contributed by atoms with E-state index in [1.165, 1.54) is 43.2 Å². The molecule has 2 N–H and O–H groups in total. The summed E-state index contributed by atoms with van der Waals surface area (Å²) in [6.45, 7) is 2.08. The van der Waals surface area contributed by atoms with Crippen LogP contribution >= 0.6 is 0 Å². The molecule has 2 nitrogen and oxygen atoms in total. The van der Waals surface area contributed by atoms with Crippen molar-refractivity contribution in [3.63, 3.8) is 0 Å². The first kappa shape index (κ1) is 12.4. The standard InChI is InChI=1S/C15H23NO/c1-11-10-13(8-9-14(11)17-2)15(16)12-6-4-3-5-7-12/h8-10,12,15H,3-7,16H2,1-2H3. The van der Waals surface area contributed by atoms with E-state index in [0.29, 0.717) is 5.92 Å². The molecule has 17 heavy (non-hydrogen) atoms. The van der Waals surface area contributed by atoms with Crippen molar-refractivity contribution in [2.75, 3.05) is 7.11 Å². The maximum atomic E-state index is 6.39. The lowest BCUT2D eigenvalue weighted by Gasteiger charge is -2.28. The van der Waals surface area contributed by atoms with E-state index < -0.39 is 0 Å². The van der Waals surface area contributed by atoms with Crippen LogP contribution in [0.15, 0.2) is 18.2 Å². The zero-order valence-corrected chi connectivity index (χ0v) is 10.9. The average Bonchev–Trinajstić information content (AvgIpc) is 2.39. The molecular formula is C15H23NO. The lowest BCUT2D eigenvalue weighted by atomic mass is 9.81. The Morgan fingerprint density at radius 3 is 2.53 bits per heavy atom. The van der Waals surface area contributed by atoms with Crippen molar-refractivity contribution in [2.24, 2.45) is 11.7 Å². The number of hydrogen-bond donors (Lipinski definition) is 1. The normalized spacial score (nSPS) is 19.0. The van der Waals surface area contributed by atoms with E-state index in [-0.39, 0.29) is 6.04 Å². The molecule has 0 heterocycles. The summed E-state index contributed by atoms with van der Waals surface area (Å²) in [4.78, 5) is 0. The minimum Gasteiger partial charge on any atom is -0.496 e. The summed E-state index contributed by atoms with van der Waals surface area (Å²) in [5, 5.41) is 0. The van der Waals surface area contributed by atoms with E-state index in [9.17, 15) is 0 Å². The number of aryl methyl sites for hydroxylation is 1. The fourth-order valence-corrected chi connectivity index (χ4v) is 2.87. The fraction of sp³-hybridized carbons (Fsp3) is 0.600. The molecule has 94 valence electrons. The van der Waals surface area contributed by atoms with Gasteiger partial charge in [0.05, 0.1) is 7.11 Å². The second-order valence-electron chi connectivity index (χ2n) is 5.15. The topological polar surface area (TPSA) is 35.2 Å². The van der Waals surface area contributed by atoms with Crippen molar-refractivity contribution in [1.82, 2.24) is 0 Å². The first-order valence-electron chi connectivity index (χ1n) is 6.62. The van der Waals surface area contributed by atoms with E-state index in [1.807, 2.05) is 6.07 Å². The smallest absolute Gasteiger partial charge is 0.121 e. The van der Waals surface area contributed by atoms with Gasteiger partial charge in [0.15, 0.2) is 0 Å². The summed E-state index contributed by atoms with van der Waals surface area (Å²) < 4.78 is 5.28. The lowest BCUT2D eigenvalue weighted by molar-refractivity contribution is 0.308. The van der Waals surface area contributed by atoms with Gasteiger partial charge in [0.1, 0.15) is 5.75 Å². The molecule has 0 saturated heterocycles. The molecule has 1 saturated carbocycles. The van der Waals surface area contributed by atoms with Crippen molar-refractivity contribution in [2.45, 2.75) is 45.1 Å². The highest BCUT2D eigenvalue weighted by Crippen LogP contribution is 2.34. The van der Waals surface area contributed by atoms with Crippen LogP contribution in [0.25, 0.3) is 0 Å². The highest BCUT2D eigenvalue weighted by molar-refractivity contribution is 5.37. The minimum atomic E-state index is 0.194. The van der Waals surface area contributed by atoms with Crippen molar-refractivity contribution < 1.29 is 4.74 Å². The average molecular weight is 233 g/mol. The van der Waals surface area contributed by atoms with Gasteiger partial charge < -0.3 is 10.5 Å². The molecule has 1 unspecified atom stereocenters. The Morgan fingerprint density at radius 2 is 1.94 bits per heavy atom. The maximum Gasteiger partial charge on any atom is 0.121 e. The number of rotatable bonds is 3. The Kier molecular flexibility index (Phi) is 4.06. The number of nitrogens with two attached hydrogens (primary N) is 1. The van der Waals surface area contributed by atoms with Gasteiger partial charge in [-0.25, -0.2) is 0 Å². The van der Waals surface area contributed by atoms with Crippen molar-refractivity contribution in [3.05, 3.63) is 29.3 Å². The quantitative estimate of drug-likeness (QED) is 0.866. The van der Waals surface area contributed by atoms with E-state index >= 15 is 0 Å². The zero-order valence-electron chi connectivity index (χ0n) is 10.9. The molecule has 1 aromatic carbocycles. The maximum absolute atomic E-state index is 6.39. The van der Waals surface area contributed by atoms with Gasteiger partial charge in [0.2, 0.25) is 0 Å². The van der Waals surface area contributed by atoms with Crippen LogP contribution in [0.3, 0.4) is 0 Å². The second-order valence-corrected chi connectivity index (χ2v) is 5.15. The Hall–Kier alpha value is -1.02. The molecule has 0 radical (unpaired) electrons. The Bertz CT molecular complexity index is 369. The summed E-state index contributed by atoms with van der Waals surface area (Å²) >= 11 is 0. The summed E-state index contributed by atoms with van der Waals surface area (Å²) in [5.41, 5.74) is 8.83. The lowest BCUT2D eigenvalue weighted by Crippen LogP contribution is -2.23. The van der Waals surface area contributed by atoms with Gasteiger partial charge in [0, 0.05) is 6.04 Å².